The summed E-state index contributed by atoms with van der Waals surface area (Å²) >= 11 is 0. The van der Waals surface area contributed by atoms with Gasteiger partial charge in [-0.05, 0) is 24.3 Å². The molecule has 0 N–H and O–H groups in total. The summed E-state index contributed by atoms with van der Waals surface area (Å²) in [6.45, 7) is 0. The minimum atomic E-state index is -3.84. The maximum Gasteiger partial charge on any atom is 0.269 e. The Bertz CT molecular complexity index is 1490. The summed E-state index contributed by atoms with van der Waals surface area (Å²) < 4.78 is 44.3. The van der Waals surface area contributed by atoms with Gasteiger partial charge in [0, 0.05) is 40.0 Å². The Morgan fingerprint density at radius 2 is 1.77 bits per heavy atom. The summed E-state index contributed by atoms with van der Waals surface area (Å²) in [6.07, 6.45) is 7.78. The van der Waals surface area contributed by atoms with E-state index < -0.39 is 10.0 Å². The standard InChI is InChI=1S/C24H19FN3O2S/c1-27-12-11-17(15-27)22-16-28(31(29,30)19-7-3-2-4-8-19)24-21(22)13-18(14-26-24)20-9-5-6-10-23(20)25/h2-10,12-16H,11H2,1H3/q+1. The van der Waals surface area contributed by atoms with Crippen molar-refractivity contribution in [3.05, 3.63) is 90.6 Å². The monoisotopic (exact) mass is 432 g/mol. The lowest BCUT2D eigenvalue weighted by molar-refractivity contribution is -0.413. The van der Waals surface area contributed by atoms with Crippen LogP contribution in [0.25, 0.3) is 27.7 Å². The number of nitrogens with zero attached hydrogens (tertiary/aromatic N) is 3. The molecule has 3 heterocycles. The van der Waals surface area contributed by atoms with E-state index in [1.807, 2.05) is 30.1 Å². The van der Waals surface area contributed by atoms with Crippen LogP contribution in [0.1, 0.15) is 12.0 Å². The zero-order valence-corrected chi connectivity index (χ0v) is 17.6. The smallest absolute Gasteiger partial charge is 0.237 e. The molecule has 0 unspecified atom stereocenters. The molecule has 1 aliphatic heterocycles. The predicted octanol–water partition coefficient (Wildman–Crippen LogP) is 4.54. The zero-order chi connectivity index (χ0) is 21.6. The highest BCUT2D eigenvalue weighted by molar-refractivity contribution is 7.90. The van der Waals surface area contributed by atoms with Crippen molar-refractivity contribution in [2.45, 2.75) is 11.3 Å². The number of allylic oxidation sites excluding steroid dienone is 1. The summed E-state index contributed by atoms with van der Waals surface area (Å²) in [6, 6.07) is 16.6. The van der Waals surface area contributed by atoms with Crippen molar-refractivity contribution in [3.8, 4) is 11.1 Å². The molecule has 5 nitrogen and oxygen atoms in total. The third-order valence-corrected chi connectivity index (χ3v) is 7.07. The van der Waals surface area contributed by atoms with Crippen LogP contribution in [0.4, 0.5) is 4.39 Å². The van der Waals surface area contributed by atoms with Gasteiger partial charge in [0.05, 0.1) is 11.3 Å². The number of hydrogen-bond donors (Lipinski definition) is 0. The number of hydrogen-bond acceptors (Lipinski definition) is 3. The Morgan fingerprint density at radius 1 is 1.03 bits per heavy atom. The van der Waals surface area contributed by atoms with Crippen molar-refractivity contribution in [1.29, 1.82) is 0 Å². The average molecular weight is 433 g/mol. The van der Waals surface area contributed by atoms with Gasteiger partial charge in [0.2, 0.25) is 0 Å². The lowest BCUT2D eigenvalue weighted by Gasteiger charge is -2.07. The number of benzene rings is 2. The van der Waals surface area contributed by atoms with E-state index in [4.69, 9.17) is 0 Å². The summed E-state index contributed by atoms with van der Waals surface area (Å²) in [5, 5.41) is 0.662. The molecule has 0 bridgehead atoms. The van der Waals surface area contributed by atoms with Gasteiger partial charge >= 0.3 is 0 Å². The van der Waals surface area contributed by atoms with Crippen molar-refractivity contribution >= 4 is 32.8 Å². The summed E-state index contributed by atoms with van der Waals surface area (Å²) in [5.41, 5.74) is 3.07. The highest BCUT2D eigenvalue weighted by atomic mass is 32.2. The first-order valence-electron chi connectivity index (χ1n) is 9.78. The normalized spacial score (nSPS) is 14.0. The molecule has 0 fully saturated rings. The fourth-order valence-electron chi connectivity index (χ4n) is 3.84. The van der Waals surface area contributed by atoms with Crippen LogP contribution in [0.15, 0.2) is 84.2 Å². The van der Waals surface area contributed by atoms with E-state index >= 15 is 0 Å². The zero-order valence-electron chi connectivity index (χ0n) is 16.7. The van der Waals surface area contributed by atoms with Crippen LogP contribution in [0.2, 0.25) is 0 Å². The van der Waals surface area contributed by atoms with Crippen molar-refractivity contribution in [2.75, 3.05) is 7.05 Å². The third kappa shape index (κ3) is 3.27. The fourth-order valence-corrected chi connectivity index (χ4v) is 5.19. The Kier molecular flexibility index (Phi) is 4.55. The van der Waals surface area contributed by atoms with E-state index in [9.17, 15) is 12.8 Å². The molecule has 0 saturated heterocycles. The van der Waals surface area contributed by atoms with Crippen LogP contribution in [0.5, 0.6) is 0 Å². The van der Waals surface area contributed by atoms with Crippen LogP contribution < -0.4 is 0 Å². The van der Waals surface area contributed by atoms with Crippen molar-refractivity contribution < 1.29 is 17.4 Å². The number of rotatable bonds is 4. The molecule has 4 aromatic rings. The molecule has 0 spiro atoms. The first-order chi connectivity index (χ1) is 14.9. The molecule has 0 saturated carbocycles. The minimum Gasteiger partial charge on any atom is -0.237 e. The van der Waals surface area contributed by atoms with Crippen LogP contribution >= 0.6 is 0 Å². The summed E-state index contributed by atoms with van der Waals surface area (Å²) in [4.78, 5) is 4.65. The van der Waals surface area contributed by atoms with Crippen LogP contribution in [0, 0.1) is 5.82 Å². The molecule has 0 atom stereocenters. The van der Waals surface area contributed by atoms with Crippen molar-refractivity contribution in [1.82, 2.24) is 8.96 Å². The lowest BCUT2D eigenvalue weighted by Crippen LogP contribution is -2.12. The number of halogens is 1. The molecule has 2 aromatic heterocycles. The van der Waals surface area contributed by atoms with E-state index in [2.05, 4.69) is 4.98 Å². The van der Waals surface area contributed by atoms with Crippen LogP contribution in [0.3, 0.4) is 0 Å². The van der Waals surface area contributed by atoms with Gasteiger partial charge in [-0.3, -0.25) is 0 Å². The maximum absolute atomic E-state index is 14.4. The molecular formula is C24H19FN3O2S+. The molecule has 2 aromatic carbocycles. The number of pyridine rings is 1. The van der Waals surface area contributed by atoms with Crippen LogP contribution in [-0.2, 0) is 10.0 Å². The third-order valence-electron chi connectivity index (χ3n) is 5.40. The molecule has 0 aliphatic carbocycles. The summed E-state index contributed by atoms with van der Waals surface area (Å²) in [5.74, 6) is -0.352. The molecule has 0 amide bonds. The molecule has 5 rings (SSSR count). The van der Waals surface area contributed by atoms with Crippen LogP contribution in [-0.4, -0.2) is 35.2 Å². The molecule has 1 aliphatic rings. The van der Waals surface area contributed by atoms with Gasteiger partial charge in [-0.15, -0.1) is 0 Å². The predicted molar refractivity (Wildman–Crippen MR) is 119 cm³/mol. The fraction of sp³-hybridized carbons (Fsp3) is 0.0833. The Hall–Kier alpha value is -3.58. The second-order valence-electron chi connectivity index (χ2n) is 7.44. The average Bonchev–Trinajstić information content (AvgIpc) is 3.38. The molecule has 154 valence electrons. The largest absolute Gasteiger partial charge is 0.269 e. The quantitative estimate of drug-likeness (QED) is 0.445. The van der Waals surface area contributed by atoms with Gasteiger partial charge < -0.3 is 0 Å². The second kappa shape index (κ2) is 7.28. The Balaban J connectivity index is 1.77. The van der Waals surface area contributed by atoms with E-state index in [0.717, 1.165) is 11.1 Å². The van der Waals surface area contributed by atoms with Crippen molar-refractivity contribution in [2.24, 2.45) is 0 Å². The number of aromatic nitrogens is 2. The van der Waals surface area contributed by atoms with E-state index in [-0.39, 0.29) is 10.7 Å². The SMILES string of the molecule is C[N+]1=CCC(c2cn(S(=O)(=O)c3ccccc3)c3ncc(-c4ccccc4F)cc23)=C1. The van der Waals surface area contributed by atoms with Gasteiger partial charge in [0.1, 0.15) is 19.1 Å². The van der Waals surface area contributed by atoms with Gasteiger partial charge in [-0.2, -0.15) is 0 Å². The molecule has 7 heteroatoms. The molecule has 31 heavy (non-hydrogen) atoms. The van der Waals surface area contributed by atoms with Crippen molar-refractivity contribution in [3.63, 3.8) is 0 Å². The maximum atomic E-state index is 14.4. The molecule has 0 radical (unpaired) electrons. The van der Waals surface area contributed by atoms with E-state index in [1.165, 1.54) is 16.2 Å². The van der Waals surface area contributed by atoms with E-state index in [0.29, 0.717) is 28.6 Å². The van der Waals surface area contributed by atoms with Gasteiger partial charge in [-0.25, -0.2) is 26.3 Å². The Morgan fingerprint density at radius 3 is 2.48 bits per heavy atom. The lowest BCUT2D eigenvalue weighted by atomic mass is 10.0. The van der Waals surface area contributed by atoms with E-state index in [1.54, 1.807) is 54.7 Å². The second-order valence-corrected chi connectivity index (χ2v) is 9.25. The van der Waals surface area contributed by atoms with Gasteiger partial charge in [-0.1, -0.05) is 36.4 Å². The summed E-state index contributed by atoms with van der Waals surface area (Å²) in [7, 11) is -1.92. The first-order valence-corrected chi connectivity index (χ1v) is 11.2. The highest BCUT2D eigenvalue weighted by Gasteiger charge is 2.25. The molecular weight excluding hydrogens is 413 g/mol. The van der Waals surface area contributed by atoms with Gasteiger partial charge in [0.25, 0.3) is 10.0 Å². The number of fused-ring (bicyclic) bond motifs is 1. The topological polar surface area (TPSA) is 55.0 Å². The first kappa shape index (κ1) is 19.4. The Labute approximate surface area is 179 Å². The van der Waals surface area contributed by atoms with Gasteiger partial charge in [0.15, 0.2) is 11.8 Å². The minimum absolute atomic E-state index is 0.183. The highest BCUT2D eigenvalue weighted by Crippen LogP contribution is 2.34.